The average Bonchev–Trinajstić information content (AvgIpc) is 3.10. The molecular formula is C21H28N6O2. The van der Waals surface area contributed by atoms with E-state index in [2.05, 4.69) is 25.9 Å². The predicted octanol–water partition coefficient (Wildman–Crippen LogP) is 1.16. The first-order chi connectivity index (χ1) is 14.0. The minimum atomic E-state index is -0.116. The Hall–Kier alpha value is -2.71. The highest BCUT2D eigenvalue weighted by Crippen LogP contribution is 2.17. The van der Waals surface area contributed by atoms with Crippen LogP contribution in [0.5, 0.6) is 0 Å². The molecule has 2 aliphatic rings. The van der Waals surface area contributed by atoms with E-state index in [0.29, 0.717) is 12.0 Å². The van der Waals surface area contributed by atoms with Crippen LogP contribution in [-0.2, 0) is 4.79 Å². The van der Waals surface area contributed by atoms with Crippen LogP contribution in [0.4, 0.5) is 0 Å². The van der Waals surface area contributed by atoms with Gasteiger partial charge in [-0.25, -0.2) is 4.68 Å². The van der Waals surface area contributed by atoms with E-state index in [1.54, 1.807) is 10.9 Å². The molecule has 8 nitrogen and oxygen atoms in total. The zero-order chi connectivity index (χ0) is 20.4. The Kier molecular flexibility index (Phi) is 5.64. The van der Waals surface area contributed by atoms with Gasteiger partial charge in [-0.1, -0.05) is 18.2 Å². The normalized spacial score (nSPS) is 23.6. The minimum Gasteiger partial charge on any atom is -0.349 e. The van der Waals surface area contributed by atoms with Crippen molar-refractivity contribution in [1.82, 2.24) is 30.6 Å². The number of nitrogens with zero attached hydrogens (tertiary/aromatic N) is 3. The number of aromatic nitrogens is 2. The van der Waals surface area contributed by atoms with Gasteiger partial charge in [0.25, 0.3) is 5.91 Å². The number of amides is 2. The number of nitrogens with one attached hydrogen (secondary N) is 3. The van der Waals surface area contributed by atoms with E-state index >= 15 is 0 Å². The third kappa shape index (κ3) is 4.33. The van der Waals surface area contributed by atoms with Crippen molar-refractivity contribution in [3.63, 3.8) is 0 Å². The molecule has 3 N–H and O–H groups in total. The molecule has 2 unspecified atom stereocenters. The summed E-state index contributed by atoms with van der Waals surface area (Å²) in [7, 11) is 0. The van der Waals surface area contributed by atoms with E-state index in [0.717, 1.165) is 37.3 Å². The molecule has 4 rings (SSSR count). The number of para-hydroxylation sites is 1. The van der Waals surface area contributed by atoms with Crippen LogP contribution < -0.4 is 16.0 Å². The molecule has 3 heterocycles. The van der Waals surface area contributed by atoms with Gasteiger partial charge in [-0.15, -0.1) is 0 Å². The molecule has 0 aliphatic carbocycles. The van der Waals surface area contributed by atoms with E-state index < -0.39 is 0 Å². The molecule has 0 bridgehead atoms. The van der Waals surface area contributed by atoms with E-state index in [9.17, 15) is 9.59 Å². The summed E-state index contributed by atoms with van der Waals surface area (Å²) in [5, 5.41) is 14.0. The second-order valence-electron chi connectivity index (χ2n) is 7.92. The highest BCUT2D eigenvalue weighted by Gasteiger charge is 2.31. The molecule has 0 spiro atoms. The lowest BCUT2D eigenvalue weighted by molar-refractivity contribution is -0.127. The molecule has 1 aromatic carbocycles. The van der Waals surface area contributed by atoms with Crippen molar-refractivity contribution < 1.29 is 9.59 Å². The Balaban J connectivity index is 1.34. The fourth-order valence-corrected chi connectivity index (χ4v) is 4.08. The van der Waals surface area contributed by atoms with Crippen molar-refractivity contribution in [2.75, 3.05) is 13.1 Å². The van der Waals surface area contributed by atoms with Crippen LogP contribution in [0.3, 0.4) is 0 Å². The third-order valence-corrected chi connectivity index (χ3v) is 5.72. The van der Waals surface area contributed by atoms with Crippen LogP contribution in [-0.4, -0.2) is 58.0 Å². The molecule has 154 valence electrons. The average molecular weight is 396 g/mol. The van der Waals surface area contributed by atoms with E-state index in [4.69, 9.17) is 0 Å². The number of piperidine rings is 1. The first-order valence-corrected chi connectivity index (χ1v) is 10.2. The molecule has 2 atom stereocenters. The quantitative estimate of drug-likeness (QED) is 0.721. The van der Waals surface area contributed by atoms with E-state index in [-0.39, 0.29) is 30.2 Å². The zero-order valence-corrected chi connectivity index (χ0v) is 16.9. The monoisotopic (exact) mass is 396 g/mol. The standard InChI is InChI=1S/C21H28N6O2/c1-14-12-19(28)25-21(23-14)26-10-8-16(9-11-26)24-20(29)18-13-22-27(15(18)2)17-6-4-3-5-7-17/h3-7,13-14,16,21,23H,8-12H2,1-2H3,(H,24,29)(H,25,28). The smallest absolute Gasteiger partial charge is 0.254 e. The van der Waals surface area contributed by atoms with Crippen molar-refractivity contribution in [3.05, 3.63) is 47.8 Å². The van der Waals surface area contributed by atoms with Crippen LogP contribution in [0.25, 0.3) is 5.69 Å². The first-order valence-electron chi connectivity index (χ1n) is 10.2. The molecule has 0 radical (unpaired) electrons. The van der Waals surface area contributed by atoms with Gasteiger partial charge in [-0.2, -0.15) is 5.10 Å². The Morgan fingerprint density at radius 2 is 1.93 bits per heavy atom. The lowest BCUT2D eigenvalue weighted by Gasteiger charge is -2.41. The highest BCUT2D eigenvalue weighted by molar-refractivity contribution is 5.95. The molecular weight excluding hydrogens is 368 g/mol. The van der Waals surface area contributed by atoms with Crippen molar-refractivity contribution in [1.29, 1.82) is 0 Å². The Bertz CT molecular complexity index is 873. The Labute approximate surface area is 170 Å². The van der Waals surface area contributed by atoms with Gasteiger partial charge >= 0.3 is 0 Å². The zero-order valence-electron chi connectivity index (χ0n) is 16.9. The van der Waals surface area contributed by atoms with Crippen LogP contribution in [0.1, 0.15) is 42.2 Å². The second-order valence-corrected chi connectivity index (χ2v) is 7.92. The minimum absolute atomic E-state index is 0.0825. The number of benzene rings is 1. The van der Waals surface area contributed by atoms with Gasteiger partial charge in [0.2, 0.25) is 5.91 Å². The number of hydrogen-bond donors (Lipinski definition) is 3. The maximum absolute atomic E-state index is 12.8. The summed E-state index contributed by atoms with van der Waals surface area (Å²) in [6.45, 7) is 5.57. The molecule has 2 saturated heterocycles. The van der Waals surface area contributed by atoms with Crippen molar-refractivity contribution in [2.45, 2.75) is 51.5 Å². The predicted molar refractivity (Wildman–Crippen MR) is 110 cm³/mol. The lowest BCUT2D eigenvalue weighted by Crippen LogP contribution is -2.65. The maximum Gasteiger partial charge on any atom is 0.254 e. The maximum atomic E-state index is 12.8. The molecule has 0 saturated carbocycles. The SMILES string of the molecule is Cc1c(C(=O)NC2CCN(C3NC(=O)CC(C)N3)CC2)cnn1-c1ccccc1. The van der Waals surface area contributed by atoms with E-state index in [1.165, 1.54) is 0 Å². The van der Waals surface area contributed by atoms with Crippen molar-refractivity contribution in [3.8, 4) is 5.69 Å². The topological polar surface area (TPSA) is 91.3 Å². The van der Waals surface area contributed by atoms with Gasteiger partial charge in [-0.05, 0) is 38.8 Å². The van der Waals surface area contributed by atoms with E-state index in [1.807, 2.05) is 44.2 Å². The van der Waals surface area contributed by atoms with Gasteiger partial charge in [0.15, 0.2) is 0 Å². The van der Waals surface area contributed by atoms with Gasteiger partial charge in [-0.3, -0.25) is 19.8 Å². The molecule has 2 amide bonds. The van der Waals surface area contributed by atoms with Crippen LogP contribution in [0.2, 0.25) is 0 Å². The Morgan fingerprint density at radius 1 is 1.21 bits per heavy atom. The lowest BCUT2D eigenvalue weighted by atomic mass is 10.0. The van der Waals surface area contributed by atoms with Gasteiger partial charge in [0.1, 0.15) is 6.29 Å². The highest BCUT2D eigenvalue weighted by atomic mass is 16.2. The summed E-state index contributed by atoms with van der Waals surface area (Å²) in [4.78, 5) is 26.8. The largest absolute Gasteiger partial charge is 0.349 e. The molecule has 2 aliphatic heterocycles. The molecule has 1 aromatic heterocycles. The summed E-state index contributed by atoms with van der Waals surface area (Å²) in [5.41, 5.74) is 2.37. The summed E-state index contributed by atoms with van der Waals surface area (Å²) in [5.74, 6) is 0.00317. The first kappa shape index (κ1) is 19.6. The molecule has 2 fully saturated rings. The number of carbonyl (C=O) groups is 2. The summed E-state index contributed by atoms with van der Waals surface area (Å²) >= 11 is 0. The number of rotatable bonds is 4. The summed E-state index contributed by atoms with van der Waals surface area (Å²) in [6.07, 6.45) is 3.73. The van der Waals surface area contributed by atoms with Gasteiger partial charge in [0.05, 0.1) is 23.1 Å². The van der Waals surface area contributed by atoms with Crippen LogP contribution >= 0.6 is 0 Å². The Morgan fingerprint density at radius 3 is 2.62 bits per heavy atom. The number of hydrogen-bond acceptors (Lipinski definition) is 5. The number of likely N-dealkylation sites (tertiary alicyclic amines) is 1. The molecule has 29 heavy (non-hydrogen) atoms. The fourth-order valence-electron chi connectivity index (χ4n) is 4.08. The van der Waals surface area contributed by atoms with Crippen LogP contribution in [0, 0.1) is 6.92 Å². The summed E-state index contributed by atoms with van der Waals surface area (Å²) < 4.78 is 1.79. The fraction of sp³-hybridized carbons (Fsp3) is 0.476. The van der Waals surface area contributed by atoms with Crippen LogP contribution in [0.15, 0.2) is 36.5 Å². The summed E-state index contributed by atoms with van der Waals surface area (Å²) in [6, 6.07) is 10.1. The molecule has 2 aromatic rings. The molecule has 8 heteroatoms. The third-order valence-electron chi connectivity index (χ3n) is 5.72. The van der Waals surface area contributed by atoms with Crippen molar-refractivity contribution in [2.24, 2.45) is 0 Å². The van der Waals surface area contributed by atoms with Gasteiger partial charge < -0.3 is 10.6 Å². The van der Waals surface area contributed by atoms with Gasteiger partial charge in [0, 0.05) is 31.6 Å². The van der Waals surface area contributed by atoms with Crippen molar-refractivity contribution >= 4 is 11.8 Å². The number of carbonyl (C=O) groups excluding carboxylic acids is 2. The second kappa shape index (κ2) is 8.34.